The molecule has 1 aliphatic heterocycles. The highest BCUT2D eigenvalue weighted by atomic mass is 32.2. The maximum absolute atomic E-state index is 13.1. The third kappa shape index (κ3) is 4.36. The minimum absolute atomic E-state index is 0.0920. The van der Waals surface area contributed by atoms with Gasteiger partial charge < -0.3 is 14.7 Å². The summed E-state index contributed by atoms with van der Waals surface area (Å²) in [6.45, 7) is 4.30. The summed E-state index contributed by atoms with van der Waals surface area (Å²) in [7, 11) is 0. The van der Waals surface area contributed by atoms with Gasteiger partial charge in [0.25, 0.3) is 5.91 Å². The number of carboxylic acids is 1. The van der Waals surface area contributed by atoms with E-state index < -0.39 is 12.1 Å². The molecule has 0 spiro atoms. The number of benzene rings is 1. The normalized spacial score (nSPS) is 24.5. The van der Waals surface area contributed by atoms with Crippen molar-refractivity contribution < 1.29 is 19.4 Å². The summed E-state index contributed by atoms with van der Waals surface area (Å²) in [5, 5.41) is 9.82. The molecule has 2 atom stereocenters. The number of ether oxygens (including phenoxy) is 1. The van der Waals surface area contributed by atoms with Crippen LogP contribution < -0.4 is 0 Å². The van der Waals surface area contributed by atoms with E-state index in [1.807, 2.05) is 25.1 Å². The first kappa shape index (κ1) is 18.3. The third-order valence-electron chi connectivity index (χ3n) is 4.78. The summed E-state index contributed by atoms with van der Waals surface area (Å²) in [4.78, 5) is 27.0. The Labute approximate surface area is 152 Å². The van der Waals surface area contributed by atoms with E-state index in [0.29, 0.717) is 17.4 Å². The molecule has 1 heterocycles. The fourth-order valence-electron chi connectivity index (χ4n) is 3.52. The zero-order valence-corrected chi connectivity index (χ0v) is 15.6. The van der Waals surface area contributed by atoms with Gasteiger partial charge in [-0.1, -0.05) is 24.5 Å². The highest BCUT2D eigenvalue weighted by Crippen LogP contribution is 2.37. The standard InChI is InChI=1S/C19H25NO4S/c1-12-7-8-17(25-14-5-3-4-6-14)15(9-12)18(21)20-10-13(2)24-16(11-20)19(22)23/h7-9,13-14,16H,3-6,10-11H2,1-2H3,(H,22,23)/t13-,16?/m1/s1. The van der Waals surface area contributed by atoms with Crippen LogP contribution in [-0.4, -0.2) is 52.4 Å². The van der Waals surface area contributed by atoms with E-state index in [2.05, 4.69) is 0 Å². The predicted molar refractivity (Wildman–Crippen MR) is 97.2 cm³/mol. The number of morpholine rings is 1. The molecule has 1 amide bonds. The molecule has 1 saturated carbocycles. The molecule has 136 valence electrons. The lowest BCUT2D eigenvalue weighted by Crippen LogP contribution is -2.51. The van der Waals surface area contributed by atoms with Crippen LogP contribution in [-0.2, 0) is 9.53 Å². The van der Waals surface area contributed by atoms with Gasteiger partial charge in [-0.2, -0.15) is 0 Å². The molecule has 0 bridgehead atoms. The maximum atomic E-state index is 13.1. The van der Waals surface area contributed by atoms with Crippen LogP contribution in [0.2, 0.25) is 0 Å². The van der Waals surface area contributed by atoms with Gasteiger partial charge >= 0.3 is 5.97 Å². The molecule has 1 aromatic rings. The zero-order valence-electron chi connectivity index (χ0n) is 14.7. The van der Waals surface area contributed by atoms with Gasteiger partial charge in [0.15, 0.2) is 6.10 Å². The molecule has 1 N–H and O–H groups in total. The van der Waals surface area contributed by atoms with Crippen molar-refractivity contribution >= 4 is 23.6 Å². The summed E-state index contributed by atoms with van der Waals surface area (Å²) in [6.07, 6.45) is 3.67. The van der Waals surface area contributed by atoms with Crippen LogP contribution in [0.5, 0.6) is 0 Å². The summed E-state index contributed by atoms with van der Waals surface area (Å²) in [6, 6.07) is 6.00. The number of hydrogen-bond acceptors (Lipinski definition) is 4. The first-order valence-electron chi connectivity index (χ1n) is 8.89. The van der Waals surface area contributed by atoms with Crippen molar-refractivity contribution in [2.75, 3.05) is 13.1 Å². The average molecular weight is 363 g/mol. The minimum atomic E-state index is -1.02. The second-order valence-corrected chi connectivity index (χ2v) is 8.35. The Balaban J connectivity index is 1.82. The number of carbonyl (C=O) groups is 2. The average Bonchev–Trinajstić information content (AvgIpc) is 3.08. The number of rotatable bonds is 4. The summed E-state index contributed by atoms with van der Waals surface area (Å²) in [5.74, 6) is -1.11. The highest BCUT2D eigenvalue weighted by molar-refractivity contribution is 8.00. The second-order valence-electron chi connectivity index (χ2n) is 7.01. The molecule has 3 rings (SSSR count). The number of carbonyl (C=O) groups excluding carboxylic acids is 1. The third-order valence-corrected chi connectivity index (χ3v) is 6.20. The summed E-state index contributed by atoms with van der Waals surface area (Å²) < 4.78 is 5.43. The van der Waals surface area contributed by atoms with Crippen LogP contribution in [0.15, 0.2) is 23.1 Å². The van der Waals surface area contributed by atoms with Gasteiger partial charge in [0, 0.05) is 16.7 Å². The topological polar surface area (TPSA) is 66.8 Å². The molecule has 0 radical (unpaired) electrons. The largest absolute Gasteiger partial charge is 0.479 e. The second kappa shape index (κ2) is 7.79. The highest BCUT2D eigenvalue weighted by Gasteiger charge is 2.34. The Morgan fingerprint density at radius 1 is 1.24 bits per heavy atom. The zero-order chi connectivity index (χ0) is 18.0. The van der Waals surface area contributed by atoms with Gasteiger partial charge in [-0.3, -0.25) is 4.79 Å². The van der Waals surface area contributed by atoms with Crippen molar-refractivity contribution in [1.82, 2.24) is 4.90 Å². The van der Waals surface area contributed by atoms with Crippen LogP contribution >= 0.6 is 11.8 Å². The van der Waals surface area contributed by atoms with Crippen molar-refractivity contribution in [3.8, 4) is 0 Å². The molecule has 6 heteroatoms. The quantitative estimate of drug-likeness (QED) is 0.889. The molecular weight excluding hydrogens is 338 g/mol. The predicted octanol–water partition coefficient (Wildman–Crippen LogP) is 3.34. The molecule has 2 fully saturated rings. The van der Waals surface area contributed by atoms with E-state index >= 15 is 0 Å². The first-order valence-corrected chi connectivity index (χ1v) is 9.77. The van der Waals surface area contributed by atoms with E-state index in [1.54, 1.807) is 23.6 Å². The summed E-state index contributed by atoms with van der Waals surface area (Å²) >= 11 is 1.79. The Morgan fingerprint density at radius 2 is 1.96 bits per heavy atom. The number of aryl methyl sites for hydroxylation is 1. The smallest absolute Gasteiger partial charge is 0.334 e. The van der Waals surface area contributed by atoms with Crippen LogP contribution in [0.25, 0.3) is 0 Å². The van der Waals surface area contributed by atoms with E-state index in [1.165, 1.54) is 25.7 Å². The van der Waals surface area contributed by atoms with E-state index in [4.69, 9.17) is 4.74 Å². The van der Waals surface area contributed by atoms with Crippen molar-refractivity contribution in [3.63, 3.8) is 0 Å². The van der Waals surface area contributed by atoms with Crippen LogP contribution in [0.1, 0.15) is 48.5 Å². The Kier molecular flexibility index (Phi) is 5.69. The minimum Gasteiger partial charge on any atom is -0.479 e. The fourth-order valence-corrected chi connectivity index (χ4v) is 4.87. The van der Waals surface area contributed by atoms with Gasteiger partial charge in [-0.05, 0) is 38.8 Å². The Hall–Kier alpha value is -1.53. The molecule has 5 nitrogen and oxygen atoms in total. The molecule has 1 aromatic carbocycles. The lowest BCUT2D eigenvalue weighted by atomic mass is 10.1. The molecule has 1 saturated heterocycles. The van der Waals surface area contributed by atoms with Crippen molar-refractivity contribution in [2.45, 2.75) is 61.9 Å². The first-order chi connectivity index (χ1) is 11.9. The van der Waals surface area contributed by atoms with E-state index in [-0.39, 0.29) is 18.6 Å². The van der Waals surface area contributed by atoms with Gasteiger partial charge in [0.1, 0.15) is 0 Å². The maximum Gasteiger partial charge on any atom is 0.334 e. The van der Waals surface area contributed by atoms with Crippen LogP contribution in [0.3, 0.4) is 0 Å². The lowest BCUT2D eigenvalue weighted by Gasteiger charge is -2.35. The lowest BCUT2D eigenvalue weighted by molar-refractivity contribution is -0.160. The molecule has 2 aliphatic rings. The number of aliphatic carboxylic acids is 1. The van der Waals surface area contributed by atoms with Gasteiger partial charge in [0.05, 0.1) is 18.2 Å². The van der Waals surface area contributed by atoms with E-state index in [0.717, 1.165) is 10.5 Å². The van der Waals surface area contributed by atoms with Gasteiger partial charge in [0.2, 0.25) is 0 Å². The fraction of sp³-hybridized carbons (Fsp3) is 0.579. The SMILES string of the molecule is Cc1ccc(SC2CCCC2)c(C(=O)N2CC(C(=O)O)O[C@H](C)C2)c1. The number of amides is 1. The van der Waals surface area contributed by atoms with Crippen LogP contribution in [0, 0.1) is 6.92 Å². The molecule has 1 unspecified atom stereocenters. The molecular formula is C19H25NO4S. The molecule has 1 aliphatic carbocycles. The van der Waals surface area contributed by atoms with Gasteiger partial charge in [-0.25, -0.2) is 4.79 Å². The van der Waals surface area contributed by atoms with Crippen LogP contribution in [0.4, 0.5) is 0 Å². The van der Waals surface area contributed by atoms with Crippen molar-refractivity contribution in [2.24, 2.45) is 0 Å². The number of nitrogens with zero attached hydrogens (tertiary/aromatic N) is 1. The van der Waals surface area contributed by atoms with Gasteiger partial charge in [-0.15, -0.1) is 11.8 Å². The summed E-state index contributed by atoms with van der Waals surface area (Å²) in [5.41, 5.74) is 1.73. The number of hydrogen-bond donors (Lipinski definition) is 1. The van der Waals surface area contributed by atoms with Crippen molar-refractivity contribution in [1.29, 1.82) is 0 Å². The molecule has 25 heavy (non-hydrogen) atoms. The Bertz CT molecular complexity index is 657. The monoisotopic (exact) mass is 363 g/mol. The Morgan fingerprint density at radius 3 is 2.64 bits per heavy atom. The molecule has 0 aromatic heterocycles. The van der Waals surface area contributed by atoms with Crippen molar-refractivity contribution in [3.05, 3.63) is 29.3 Å². The number of thioether (sulfide) groups is 1. The van der Waals surface area contributed by atoms with E-state index in [9.17, 15) is 14.7 Å². The number of carboxylic acid groups (broad SMARTS) is 1.